The van der Waals surface area contributed by atoms with Gasteiger partial charge in [0.15, 0.2) is 0 Å². The molecule has 0 spiro atoms. The molecule has 0 fully saturated rings. The smallest absolute Gasteiger partial charge is 0.305 e. The van der Waals surface area contributed by atoms with Crippen LogP contribution in [0.2, 0.25) is 0 Å². The van der Waals surface area contributed by atoms with Gasteiger partial charge in [0.2, 0.25) is 0 Å². The molecule has 1 atom stereocenters. The van der Waals surface area contributed by atoms with E-state index in [9.17, 15) is 4.57 Å². The largest absolute Gasteiger partial charge is 0.363 e. The zero-order chi connectivity index (χ0) is 12.1. The molecule has 0 radical (unpaired) electrons. The zero-order valence-corrected chi connectivity index (χ0v) is 11.3. The zero-order valence-electron chi connectivity index (χ0n) is 9.61. The first-order valence-electron chi connectivity index (χ1n) is 4.93. The molecular formula is C9H18ClN2O2P. The van der Waals surface area contributed by atoms with Gasteiger partial charge in [-0.3, -0.25) is 4.57 Å². The highest BCUT2D eigenvalue weighted by Crippen LogP contribution is 2.58. The average Bonchev–Trinajstić information content (AvgIpc) is 2.01. The van der Waals surface area contributed by atoms with Gasteiger partial charge in [0.25, 0.3) is 0 Å². The third-order valence-electron chi connectivity index (χ3n) is 1.80. The maximum Gasteiger partial charge on any atom is 0.363 e. The monoisotopic (exact) mass is 252 g/mol. The van der Waals surface area contributed by atoms with E-state index in [0.717, 1.165) is 0 Å². The van der Waals surface area contributed by atoms with E-state index in [4.69, 9.17) is 21.0 Å². The van der Waals surface area contributed by atoms with Crippen LogP contribution in [0.3, 0.4) is 0 Å². The van der Waals surface area contributed by atoms with E-state index in [2.05, 4.69) is 0 Å². The molecular weight excluding hydrogens is 235 g/mol. The van der Waals surface area contributed by atoms with Crippen molar-refractivity contribution in [3.63, 3.8) is 0 Å². The van der Waals surface area contributed by atoms with Gasteiger partial charge in [-0.1, -0.05) is 0 Å². The Hall–Kier alpha value is -0.0700. The molecule has 88 valence electrons. The summed E-state index contributed by atoms with van der Waals surface area (Å²) in [6.45, 7) is 4.44. The standard InChI is InChI=1S/C9H18ClN2O2P/c1-8(2)12(9(3)4)15(10,13)14-7-5-6-11/h8-9H,5,7H2,1-4H3. The average molecular weight is 253 g/mol. The lowest BCUT2D eigenvalue weighted by molar-refractivity contribution is 0.231. The van der Waals surface area contributed by atoms with Crippen molar-refractivity contribution in [1.82, 2.24) is 4.67 Å². The number of nitriles is 1. The van der Waals surface area contributed by atoms with E-state index < -0.39 is 6.87 Å². The maximum atomic E-state index is 12.0. The van der Waals surface area contributed by atoms with E-state index in [1.165, 1.54) is 0 Å². The van der Waals surface area contributed by atoms with Crippen LogP contribution in [-0.4, -0.2) is 23.4 Å². The summed E-state index contributed by atoms with van der Waals surface area (Å²) in [6.07, 6.45) is 0.195. The van der Waals surface area contributed by atoms with Crippen molar-refractivity contribution in [3.05, 3.63) is 0 Å². The van der Waals surface area contributed by atoms with Crippen LogP contribution in [0.15, 0.2) is 0 Å². The first-order chi connectivity index (χ1) is 6.83. The van der Waals surface area contributed by atoms with Crippen LogP contribution in [0.4, 0.5) is 0 Å². The number of hydrogen-bond acceptors (Lipinski definition) is 3. The second kappa shape index (κ2) is 6.50. The topological polar surface area (TPSA) is 53.3 Å². The van der Waals surface area contributed by atoms with Gasteiger partial charge >= 0.3 is 6.87 Å². The summed E-state index contributed by atoms with van der Waals surface area (Å²) >= 11 is 5.88. The summed E-state index contributed by atoms with van der Waals surface area (Å²) in [5.41, 5.74) is 0. The van der Waals surface area contributed by atoms with E-state index in [1.807, 2.05) is 33.8 Å². The normalized spacial score (nSPS) is 15.7. The van der Waals surface area contributed by atoms with Crippen molar-refractivity contribution in [1.29, 1.82) is 5.26 Å². The highest BCUT2D eigenvalue weighted by molar-refractivity contribution is 7.83. The molecule has 0 aromatic heterocycles. The molecule has 0 aromatic rings. The molecule has 0 N–H and O–H groups in total. The lowest BCUT2D eigenvalue weighted by Crippen LogP contribution is -2.33. The molecule has 0 saturated heterocycles. The highest BCUT2D eigenvalue weighted by Gasteiger charge is 2.33. The molecule has 15 heavy (non-hydrogen) atoms. The van der Waals surface area contributed by atoms with E-state index in [1.54, 1.807) is 4.67 Å². The summed E-state index contributed by atoms with van der Waals surface area (Å²) in [7, 11) is 0. The fourth-order valence-corrected chi connectivity index (χ4v) is 4.23. The van der Waals surface area contributed by atoms with E-state index >= 15 is 0 Å². The minimum Gasteiger partial charge on any atom is -0.305 e. The minimum atomic E-state index is -3.29. The minimum absolute atomic E-state index is 0.0374. The van der Waals surface area contributed by atoms with Crippen molar-refractivity contribution < 1.29 is 9.09 Å². The molecule has 0 aliphatic carbocycles. The number of rotatable bonds is 6. The van der Waals surface area contributed by atoms with Gasteiger partial charge < -0.3 is 4.52 Å². The van der Waals surface area contributed by atoms with Crippen molar-refractivity contribution in [3.8, 4) is 6.07 Å². The van der Waals surface area contributed by atoms with Gasteiger partial charge in [-0.25, -0.2) is 4.67 Å². The summed E-state index contributed by atoms with van der Waals surface area (Å²) < 4.78 is 18.7. The molecule has 0 rings (SSSR count). The van der Waals surface area contributed by atoms with Gasteiger partial charge in [0, 0.05) is 12.1 Å². The Bertz CT molecular complexity index is 268. The third-order valence-corrected chi connectivity index (χ3v) is 4.59. The quantitative estimate of drug-likeness (QED) is 0.537. The van der Waals surface area contributed by atoms with Crippen LogP contribution in [0, 0.1) is 11.3 Å². The fraction of sp³-hybridized carbons (Fsp3) is 0.889. The molecule has 0 aliphatic rings. The van der Waals surface area contributed by atoms with Gasteiger partial charge in [-0.2, -0.15) is 5.26 Å². The predicted molar refractivity (Wildman–Crippen MR) is 61.8 cm³/mol. The van der Waals surface area contributed by atoms with Crippen LogP contribution < -0.4 is 0 Å². The third kappa shape index (κ3) is 4.99. The van der Waals surface area contributed by atoms with Gasteiger partial charge in [0.05, 0.1) is 19.1 Å². The molecule has 4 nitrogen and oxygen atoms in total. The first-order valence-corrected chi connectivity index (χ1v) is 7.41. The van der Waals surface area contributed by atoms with E-state index in [-0.39, 0.29) is 25.1 Å². The lowest BCUT2D eigenvalue weighted by Gasteiger charge is -2.32. The van der Waals surface area contributed by atoms with Crippen LogP contribution in [-0.2, 0) is 9.09 Å². The Kier molecular flexibility index (Phi) is 6.47. The molecule has 1 unspecified atom stereocenters. The molecule has 0 aromatic carbocycles. The number of nitrogens with zero attached hydrogens (tertiary/aromatic N) is 2. The summed E-state index contributed by atoms with van der Waals surface area (Å²) in [6, 6.07) is 1.99. The number of halogens is 1. The van der Waals surface area contributed by atoms with E-state index in [0.29, 0.717) is 0 Å². The van der Waals surface area contributed by atoms with Crippen LogP contribution in [0.25, 0.3) is 0 Å². The Balaban J connectivity index is 4.52. The van der Waals surface area contributed by atoms with Crippen molar-refractivity contribution >= 4 is 18.1 Å². The lowest BCUT2D eigenvalue weighted by atomic mass is 10.3. The number of hydrogen-bond donors (Lipinski definition) is 0. The van der Waals surface area contributed by atoms with Gasteiger partial charge in [-0.15, -0.1) is 0 Å². The van der Waals surface area contributed by atoms with Crippen LogP contribution >= 0.6 is 18.1 Å². The second-order valence-electron chi connectivity index (χ2n) is 3.76. The van der Waals surface area contributed by atoms with Crippen molar-refractivity contribution in [2.75, 3.05) is 6.61 Å². The Morgan fingerprint density at radius 1 is 1.40 bits per heavy atom. The Morgan fingerprint density at radius 3 is 2.20 bits per heavy atom. The molecule has 0 saturated carbocycles. The predicted octanol–water partition coefficient (Wildman–Crippen LogP) is 3.38. The Labute approximate surface area is 96.5 Å². The molecule has 0 aliphatic heterocycles. The second-order valence-corrected chi connectivity index (χ2v) is 6.66. The van der Waals surface area contributed by atoms with Crippen LogP contribution in [0.1, 0.15) is 34.1 Å². The summed E-state index contributed by atoms with van der Waals surface area (Å²) in [4.78, 5) is 0. The first kappa shape index (κ1) is 14.9. The maximum absolute atomic E-state index is 12.0. The highest BCUT2D eigenvalue weighted by atomic mass is 35.7. The van der Waals surface area contributed by atoms with Crippen molar-refractivity contribution in [2.45, 2.75) is 46.2 Å². The molecule has 0 amide bonds. The summed E-state index contributed by atoms with van der Waals surface area (Å²) in [5, 5.41) is 8.34. The van der Waals surface area contributed by atoms with Crippen LogP contribution in [0.5, 0.6) is 0 Å². The Morgan fingerprint density at radius 2 is 1.87 bits per heavy atom. The molecule has 0 heterocycles. The SMILES string of the molecule is CC(C)N(C(C)C)P(=O)(Cl)OCCC#N. The molecule has 6 heteroatoms. The summed E-state index contributed by atoms with van der Waals surface area (Å²) in [5.74, 6) is 0. The van der Waals surface area contributed by atoms with Gasteiger partial charge in [0.1, 0.15) is 0 Å². The van der Waals surface area contributed by atoms with Gasteiger partial charge in [-0.05, 0) is 38.9 Å². The fourth-order valence-electron chi connectivity index (χ4n) is 1.42. The molecule has 0 bridgehead atoms. The van der Waals surface area contributed by atoms with Crippen molar-refractivity contribution in [2.24, 2.45) is 0 Å².